The minimum absolute atomic E-state index is 0.276. The van der Waals surface area contributed by atoms with Crippen LogP contribution in [0.1, 0.15) is 15.4 Å². The third kappa shape index (κ3) is 3.38. The number of nitrogens with zero attached hydrogens (tertiary/aromatic N) is 2. The number of carbonyl (C=O) groups excluding carboxylic acids is 1. The second-order valence-corrected chi connectivity index (χ2v) is 6.68. The van der Waals surface area contributed by atoms with Gasteiger partial charge in [-0.2, -0.15) is 10.2 Å². The summed E-state index contributed by atoms with van der Waals surface area (Å²) in [5.74, 6) is -0.368. The van der Waals surface area contributed by atoms with Crippen molar-refractivity contribution in [3.63, 3.8) is 0 Å². The van der Waals surface area contributed by atoms with Crippen molar-refractivity contribution in [2.24, 2.45) is 5.10 Å². The molecule has 0 spiro atoms. The number of hydrogen-bond acceptors (Lipinski definition) is 5. The Labute approximate surface area is 133 Å². The highest BCUT2D eigenvalue weighted by molar-refractivity contribution is 7.19. The summed E-state index contributed by atoms with van der Waals surface area (Å²) in [6, 6.07) is 9.16. The van der Waals surface area contributed by atoms with Crippen LogP contribution >= 0.6 is 34.3 Å². The van der Waals surface area contributed by atoms with Gasteiger partial charge in [0.2, 0.25) is 0 Å². The van der Waals surface area contributed by atoms with E-state index in [-0.39, 0.29) is 11.6 Å². The molecular formula is C13H9ClN4OS2. The summed E-state index contributed by atoms with van der Waals surface area (Å²) < 4.78 is 0.686. The number of halogens is 1. The van der Waals surface area contributed by atoms with Gasteiger partial charge in [-0.05, 0) is 29.6 Å². The first-order valence-electron chi connectivity index (χ1n) is 5.90. The molecule has 3 aromatic rings. The third-order valence-corrected chi connectivity index (χ3v) is 4.62. The lowest BCUT2D eigenvalue weighted by molar-refractivity contribution is 0.0950. The highest BCUT2D eigenvalue weighted by Crippen LogP contribution is 2.29. The SMILES string of the molecule is O=C(N/N=C\c1cccs1)c1cc(-c2ccc(Cl)s2)[nH]n1. The molecule has 3 heterocycles. The first kappa shape index (κ1) is 14.0. The number of amides is 1. The Morgan fingerprint density at radius 2 is 2.33 bits per heavy atom. The molecule has 0 aliphatic rings. The van der Waals surface area contributed by atoms with Gasteiger partial charge in [0, 0.05) is 4.88 Å². The Balaban J connectivity index is 1.67. The van der Waals surface area contributed by atoms with Gasteiger partial charge in [-0.25, -0.2) is 5.43 Å². The van der Waals surface area contributed by atoms with Gasteiger partial charge in [0.15, 0.2) is 5.69 Å². The molecule has 0 saturated carbocycles. The van der Waals surface area contributed by atoms with E-state index < -0.39 is 0 Å². The second-order valence-electron chi connectivity index (χ2n) is 3.99. The average molecular weight is 337 g/mol. The number of nitrogens with one attached hydrogen (secondary N) is 2. The van der Waals surface area contributed by atoms with E-state index in [2.05, 4.69) is 20.7 Å². The summed E-state index contributed by atoms with van der Waals surface area (Å²) in [6.07, 6.45) is 1.59. The van der Waals surface area contributed by atoms with Crippen LogP contribution in [-0.2, 0) is 0 Å². The van der Waals surface area contributed by atoms with E-state index in [1.54, 1.807) is 29.7 Å². The van der Waals surface area contributed by atoms with E-state index in [0.29, 0.717) is 4.34 Å². The maximum atomic E-state index is 11.9. The van der Waals surface area contributed by atoms with Crippen LogP contribution in [0, 0.1) is 0 Å². The highest BCUT2D eigenvalue weighted by atomic mass is 35.5. The van der Waals surface area contributed by atoms with Crippen molar-refractivity contribution in [1.29, 1.82) is 0 Å². The van der Waals surface area contributed by atoms with Crippen molar-refractivity contribution in [2.45, 2.75) is 0 Å². The molecule has 106 valence electrons. The van der Waals surface area contributed by atoms with Crippen molar-refractivity contribution in [3.8, 4) is 10.6 Å². The van der Waals surface area contributed by atoms with E-state index in [1.165, 1.54) is 11.3 Å². The van der Waals surface area contributed by atoms with Crippen LogP contribution < -0.4 is 5.43 Å². The summed E-state index contributed by atoms with van der Waals surface area (Å²) >= 11 is 8.84. The topological polar surface area (TPSA) is 70.1 Å². The second kappa shape index (κ2) is 6.21. The standard InChI is InChI=1S/C13H9ClN4OS2/c14-12-4-3-11(21-12)9-6-10(17-16-9)13(19)18-15-7-8-2-1-5-20-8/h1-7H,(H,16,17)(H,18,19)/b15-7-. The summed E-state index contributed by atoms with van der Waals surface area (Å²) in [5.41, 5.74) is 3.46. The van der Waals surface area contributed by atoms with Crippen LogP contribution in [-0.4, -0.2) is 22.3 Å². The predicted molar refractivity (Wildman–Crippen MR) is 86.3 cm³/mol. The van der Waals surface area contributed by atoms with E-state index in [9.17, 15) is 4.79 Å². The Kier molecular flexibility index (Phi) is 4.14. The lowest BCUT2D eigenvalue weighted by Gasteiger charge is -1.93. The molecule has 0 saturated heterocycles. The largest absolute Gasteiger partial charge is 0.291 e. The molecule has 0 unspecified atom stereocenters. The summed E-state index contributed by atoms with van der Waals surface area (Å²) in [5, 5.41) is 12.6. The van der Waals surface area contributed by atoms with Crippen LogP contribution in [0.4, 0.5) is 0 Å². The molecular weight excluding hydrogens is 328 g/mol. The van der Waals surface area contributed by atoms with Crippen molar-refractivity contribution in [3.05, 3.63) is 50.6 Å². The number of rotatable bonds is 4. The van der Waals surface area contributed by atoms with Gasteiger partial charge in [0.25, 0.3) is 5.91 Å². The first-order valence-corrected chi connectivity index (χ1v) is 7.98. The molecule has 5 nitrogen and oxygen atoms in total. The number of hydrazone groups is 1. The van der Waals surface area contributed by atoms with Crippen LogP contribution in [0.25, 0.3) is 10.6 Å². The van der Waals surface area contributed by atoms with Crippen LogP contribution in [0.5, 0.6) is 0 Å². The fourth-order valence-corrected chi connectivity index (χ4v) is 3.19. The lowest BCUT2D eigenvalue weighted by Crippen LogP contribution is -2.17. The number of thiophene rings is 2. The minimum atomic E-state index is -0.368. The van der Waals surface area contributed by atoms with Gasteiger partial charge in [0.05, 0.1) is 21.1 Å². The molecule has 3 rings (SSSR count). The van der Waals surface area contributed by atoms with Gasteiger partial charge >= 0.3 is 0 Å². The molecule has 8 heteroatoms. The number of aromatic nitrogens is 2. The fraction of sp³-hybridized carbons (Fsp3) is 0. The molecule has 21 heavy (non-hydrogen) atoms. The maximum absolute atomic E-state index is 11.9. The van der Waals surface area contributed by atoms with Crippen molar-refractivity contribution < 1.29 is 4.79 Å². The van der Waals surface area contributed by atoms with Gasteiger partial charge < -0.3 is 0 Å². The highest BCUT2D eigenvalue weighted by Gasteiger charge is 2.11. The van der Waals surface area contributed by atoms with Gasteiger partial charge in [-0.1, -0.05) is 17.7 Å². The molecule has 1 amide bonds. The Morgan fingerprint density at radius 3 is 3.05 bits per heavy atom. The minimum Gasteiger partial charge on any atom is -0.276 e. The third-order valence-electron chi connectivity index (χ3n) is 2.55. The molecule has 0 radical (unpaired) electrons. The van der Waals surface area contributed by atoms with E-state index >= 15 is 0 Å². The zero-order chi connectivity index (χ0) is 14.7. The van der Waals surface area contributed by atoms with Crippen LogP contribution in [0.2, 0.25) is 4.34 Å². The Hall–Kier alpha value is -1.96. The molecule has 2 N–H and O–H groups in total. The maximum Gasteiger partial charge on any atom is 0.291 e. The predicted octanol–water partition coefficient (Wildman–Crippen LogP) is 3.62. The molecule has 0 atom stereocenters. The van der Waals surface area contributed by atoms with Gasteiger partial charge in [-0.15, -0.1) is 22.7 Å². The van der Waals surface area contributed by atoms with Crippen LogP contribution in [0.15, 0.2) is 40.8 Å². The summed E-state index contributed by atoms with van der Waals surface area (Å²) in [7, 11) is 0. The van der Waals surface area contributed by atoms with Gasteiger partial charge in [0.1, 0.15) is 0 Å². The average Bonchev–Trinajstić information content (AvgIpc) is 3.19. The number of carbonyl (C=O) groups is 1. The number of aromatic amines is 1. The van der Waals surface area contributed by atoms with Crippen molar-refractivity contribution in [2.75, 3.05) is 0 Å². The molecule has 0 fully saturated rings. The van der Waals surface area contributed by atoms with Crippen molar-refractivity contribution in [1.82, 2.24) is 15.6 Å². The van der Waals surface area contributed by atoms with Crippen LogP contribution in [0.3, 0.4) is 0 Å². The Morgan fingerprint density at radius 1 is 1.43 bits per heavy atom. The molecule has 3 aromatic heterocycles. The zero-order valence-corrected chi connectivity index (χ0v) is 12.9. The smallest absolute Gasteiger partial charge is 0.276 e. The van der Waals surface area contributed by atoms with E-state index in [0.717, 1.165) is 15.4 Å². The fourth-order valence-electron chi connectivity index (χ4n) is 1.60. The van der Waals surface area contributed by atoms with E-state index in [1.807, 2.05) is 23.6 Å². The molecule has 0 aliphatic carbocycles. The monoisotopic (exact) mass is 336 g/mol. The number of hydrogen-bond donors (Lipinski definition) is 2. The normalized spacial score (nSPS) is 11.1. The molecule has 0 bridgehead atoms. The Bertz CT molecular complexity index is 776. The summed E-state index contributed by atoms with van der Waals surface area (Å²) in [6.45, 7) is 0. The zero-order valence-electron chi connectivity index (χ0n) is 10.5. The molecule has 0 aromatic carbocycles. The van der Waals surface area contributed by atoms with Gasteiger partial charge in [-0.3, -0.25) is 9.89 Å². The summed E-state index contributed by atoms with van der Waals surface area (Å²) in [4.78, 5) is 13.8. The quantitative estimate of drug-likeness (QED) is 0.564. The van der Waals surface area contributed by atoms with Crippen molar-refractivity contribution >= 4 is 46.4 Å². The lowest BCUT2D eigenvalue weighted by atomic mass is 10.3. The number of H-pyrrole nitrogens is 1. The first-order chi connectivity index (χ1) is 10.2. The van der Waals surface area contributed by atoms with E-state index in [4.69, 9.17) is 11.6 Å². The molecule has 0 aliphatic heterocycles.